The minimum Gasteiger partial charge on any atom is -0.343 e. The maximum absolute atomic E-state index is 14.2. The molecule has 1 fully saturated rings. The number of carbonyl (C=O) groups is 1. The standard InChI is InChI=1S/C21H25FN4O/c1-20(2)15-9-10-21(20,23-18(27)12-26(3)4)19-14(15)11-17(24-25-19)13-7-5-6-8-16(13)22/h5-8,11,15H,9-10,12H2,1-4H3,(H,23,27)/t15-,21-/m0/s1. The molecule has 2 atom stereocenters. The van der Waals surface area contributed by atoms with Crippen LogP contribution in [0.1, 0.15) is 43.9 Å². The second-order valence-corrected chi connectivity index (χ2v) is 8.52. The number of aromatic nitrogens is 2. The first-order valence-corrected chi connectivity index (χ1v) is 9.35. The number of nitrogens with zero attached hydrogens (tertiary/aromatic N) is 3. The fourth-order valence-corrected chi connectivity index (χ4v) is 4.96. The van der Waals surface area contributed by atoms with Gasteiger partial charge in [-0.25, -0.2) is 4.39 Å². The van der Waals surface area contributed by atoms with Crippen molar-refractivity contribution in [2.75, 3.05) is 20.6 Å². The number of hydrogen-bond acceptors (Lipinski definition) is 4. The first-order valence-electron chi connectivity index (χ1n) is 9.35. The minimum atomic E-state index is -0.513. The summed E-state index contributed by atoms with van der Waals surface area (Å²) < 4.78 is 14.2. The van der Waals surface area contributed by atoms with Gasteiger partial charge >= 0.3 is 0 Å². The largest absolute Gasteiger partial charge is 0.343 e. The van der Waals surface area contributed by atoms with Gasteiger partial charge < -0.3 is 10.2 Å². The number of nitrogens with one attached hydrogen (secondary N) is 1. The van der Waals surface area contributed by atoms with Crippen LogP contribution in [0.25, 0.3) is 11.3 Å². The molecule has 27 heavy (non-hydrogen) atoms. The first kappa shape index (κ1) is 18.0. The molecule has 0 aliphatic heterocycles. The van der Waals surface area contributed by atoms with Gasteiger partial charge in [0.2, 0.25) is 5.91 Å². The summed E-state index contributed by atoms with van der Waals surface area (Å²) in [5.74, 6) is -0.0436. The van der Waals surface area contributed by atoms with E-state index in [1.165, 1.54) is 6.07 Å². The van der Waals surface area contributed by atoms with Crippen LogP contribution < -0.4 is 5.32 Å². The van der Waals surface area contributed by atoms with Gasteiger partial charge in [-0.2, -0.15) is 10.2 Å². The Morgan fingerprint density at radius 3 is 2.74 bits per heavy atom. The number of halogens is 1. The number of fused-ring (bicyclic) bond motifs is 5. The van der Waals surface area contributed by atoms with Gasteiger partial charge in [0.25, 0.3) is 0 Å². The fraction of sp³-hybridized carbons (Fsp3) is 0.476. The number of hydrogen-bond donors (Lipinski definition) is 1. The molecule has 0 saturated heterocycles. The van der Waals surface area contributed by atoms with Gasteiger partial charge in [-0.3, -0.25) is 4.79 Å². The van der Waals surface area contributed by atoms with Crippen molar-refractivity contribution in [1.82, 2.24) is 20.4 Å². The molecule has 2 aliphatic carbocycles. The van der Waals surface area contributed by atoms with E-state index in [1.807, 2.05) is 25.1 Å². The Morgan fingerprint density at radius 1 is 1.30 bits per heavy atom. The molecule has 5 nitrogen and oxygen atoms in total. The molecule has 1 amide bonds. The molecule has 142 valence electrons. The van der Waals surface area contributed by atoms with Crippen LogP contribution in [0.2, 0.25) is 0 Å². The van der Waals surface area contributed by atoms with E-state index in [1.54, 1.807) is 18.2 Å². The van der Waals surface area contributed by atoms with Gasteiger partial charge in [0, 0.05) is 11.0 Å². The Morgan fingerprint density at radius 2 is 2.04 bits per heavy atom. The van der Waals surface area contributed by atoms with Crippen molar-refractivity contribution in [3.8, 4) is 11.3 Å². The Kier molecular flexibility index (Phi) is 4.07. The van der Waals surface area contributed by atoms with Crippen molar-refractivity contribution >= 4 is 5.91 Å². The van der Waals surface area contributed by atoms with E-state index in [4.69, 9.17) is 0 Å². The molecule has 2 bridgehead atoms. The summed E-state index contributed by atoms with van der Waals surface area (Å²) >= 11 is 0. The highest BCUT2D eigenvalue weighted by molar-refractivity contribution is 5.80. The van der Waals surface area contributed by atoms with E-state index in [-0.39, 0.29) is 23.1 Å². The molecule has 1 saturated carbocycles. The summed E-state index contributed by atoms with van der Waals surface area (Å²) in [6.45, 7) is 4.70. The molecule has 0 radical (unpaired) electrons. The van der Waals surface area contributed by atoms with Crippen molar-refractivity contribution in [3.05, 3.63) is 47.4 Å². The third-order valence-corrected chi connectivity index (χ3v) is 6.34. The summed E-state index contributed by atoms with van der Waals surface area (Å²) in [5, 5.41) is 12.1. The van der Waals surface area contributed by atoms with Crippen LogP contribution in [0.3, 0.4) is 0 Å². The lowest BCUT2D eigenvalue weighted by molar-refractivity contribution is -0.125. The van der Waals surface area contributed by atoms with Gasteiger partial charge in [0.1, 0.15) is 5.82 Å². The molecular weight excluding hydrogens is 343 g/mol. The summed E-state index contributed by atoms with van der Waals surface area (Å²) in [5.41, 5.74) is 2.25. The molecule has 1 aromatic heterocycles. The predicted molar refractivity (Wildman–Crippen MR) is 102 cm³/mol. The second-order valence-electron chi connectivity index (χ2n) is 8.52. The minimum absolute atomic E-state index is 0.0124. The van der Waals surface area contributed by atoms with Gasteiger partial charge in [-0.15, -0.1) is 0 Å². The number of carbonyl (C=O) groups excluding carboxylic acids is 1. The maximum Gasteiger partial charge on any atom is 0.234 e. The van der Waals surface area contributed by atoms with Gasteiger partial charge in [0.15, 0.2) is 0 Å². The summed E-state index contributed by atoms with van der Waals surface area (Å²) in [6, 6.07) is 8.58. The van der Waals surface area contributed by atoms with E-state index < -0.39 is 5.54 Å². The smallest absolute Gasteiger partial charge is 0.234 e. The van der Waals surface area contributed by atoms with Crippen LogP contribution in [0.5, 0.6) is 0 Å². The molecule has 6 heteroatoms. The van der Waals surface area contributed by atoms with E-state index in [2.05, 4.69) is 29.4 Å². The average Bonchev–Trinajstić information content (AvgIpc) is 2.94. The quantitative estimate of drug-likeness (QED) is 0.901. The number of benzene rings is 1. The lowest BCUT2D eigenvalue weighted by Gasteiger charge is -2.38. The summed E-state index contributed by atoms with van der Waals surface area (Å²) in [4.78, 5) is 14.4. The van der Waals surface area contributed by atoms with Gasteiger partial charge in [0.05, 0.1) is 23.5 Å². The lowest BCUT2D eigenvalue weighted by Crippen LogP contribution is -2.53. The third-order valence-electron chi connectivity index (χ3n) is 6.34. The first-order chi connectivity index (χ1) is 12.8. The molecule has 0 unspecified atom stereocenters. The predicted octanol–water partition coefficient (Wildman–Crippen LogP) is 3.07. The van der Waals surface area contributed by atoms with Crippen molar-refractivity contribution in [2.45, 2.75) is 38.1 Å². The van der Waals surface area contributed by atoms with E-state index >= 15 is 0 Å². The Hall–Kier alpha value is -2.34. The highest BCUT2D eigenvalue weighted by Crippen LogP contribution is 2.66. The molecule has 1 heterocycles. The van der Waals surface area contributed by atoms with Crippen LogP contribution in [0, 0.1) is 11.2 Å². The number of likely N-dealkylation sites (N-methyl/N-ethyl adjacent to an activating group) is 1. The van der Waals surface area contributed by atoms with Crippen molar-refractivity contribution in [3.63, 3.8) is 0 Å². The number of rotatable bonds is 4. The third kappa shape index (κ3) is 2.57. The number of amides is 1. The molecule has 0 spiro atoms. The van der Waals surface area contributed by atoms with E-state index in [9.17, 15) is 9.18 Å². The van der Waals surface area contributed by atoms with Gasteiger partial charge in [-0.1, -0.05) is 26.0 Å². The van der Waals surface area contributed by atoms with Crippen LogP contribution in [0.15, 0.2) is 30.3 Å². The van der Waals surface area contributed by atoms with E-state index in [0.717, 1.165) is 24.1 Å². The van der Waals surface area contributed by atoms with Crippen molar-refractivity contribution in [2.24, 2.45) is 5.41 Å². The Labute approximate surface area is 159 Å². The zero-order valence-corrected chi connectivity index (χ0v) is 16.2. The Balaban J connectivity index is 1.77. The van der Waals surface area contributed by atoms with Crippen LogP contribution in [-0.4, -0.2) is 41.6 Å². The topological polar surface area (TPSA) is 58.1 Å². The highest BCUT2D eigenvalue weighted by atomic mass is 19.1. The highest BCUT2D eigenvalue weighted by Gasteiger charge is 2.64. The normalized spacial score (nSPS) is 24.9. The average molecular weight is 368 g/mol. The SMILES string of the molecule is CN(C)CC(=O)N[C@@]12CC[C@@H](c3cc(-c4ccccc4F)nnc31)C2(C)C. The summed E-state index contributed by atoms with van der Waals surface area (Å²) in [6.07, 6.45) is 1.83. The monoisotopic (exact) mass is 368 g/mol. The molecule has 2 aromatic rings. The lowest BCUT2D eigenvalue weighted by atomic mass is 9.75. The fourth-order valence-electron chi connectivity index (χ4n) is 4.96. The van der Waals surface area contributed by atoms with Crippen molar-refractivity contribution in [1.29, 1.82) is 0 Å². The van der Waals surface area contributed by atoms with Gasteiger partial charge in [-0.05, 0) is 56.6 Å². The summed E-state index contributed by atoms with van der Waals surface area (Å²) in [7, 11) is 3.76. The second kappa shape index (κ2) is 6.09. The zero-order valence-electron chi connectivity index (χ0n) is 16.2. The zero-order chi connectivity index (χ0) is 19.4. The Bertz CT molecular complexity index is 911. The van der Waals surface area contributed by atoms with Crippen LogP contribution in [0.4, 0.5) is 4.39 Å². The molecular formula is C21H25FN4O. The van der Waals surface area contributed by atoms with Crippen LogP contribution in [-0.2, 0) is 10.3 Å². The maximum atomic E-state index is 14.2. The van der Waals surface area contributed by atoms with Crippen LogP contribution >= 0.6 is 0 Å². The molecule has 4 rings (SSSR count). The molecule has 2 aliphatic rings. The van der Waals surface area contributed by atoms with E-state index in [0.29, 0.717) is 17.8 Å². The van der Waals surface area contributed by atoms with Crippen molar-refractivity contribution < 1.29 is 9.18 Å². The molecule has 1 aromatic carbocycles. The molecule has 1 N–H and O–H groups in total.